The van der Waals surface area contributed by atoms with Crippen molar-refractivity contribution in [1.29, 1.82) is 0 Å². The van der Waals surface area contributed by atoms with E-state index in [2.05, 4.69) is 31.9 Å². The molecule has 18 heavy (non-hydrogen) atoms. The van der Waals surface area contributed by atoms with E-state index in [4.69, 9.17) is 10.5 Å². The number of aromatic hydroxyl groups is 1. The van der Waals surface area contributed by atoms with E-state index in [0.717, 1.165) is 4.47 Å². The van der Waals surface area contributed by atoms with Crippen LogP contribution < -0.4 is 5.73 Å². The van der Waals surface area contributed by atoms with Gasteiger partial charge in [0.05, 0.1) is 18.6 Å². The summed E-state index contributed by atoms with van der Waals surface area (Å²) in [6, 6.07) is 2.61. The fourth-order valence-corrected chi connectivity index (χ4v) is 3.08. The Labute approximate surface area is 123 Å². The van der Waals surface area contributed by atoms with Crippen LogP contribution in [0.5, 0.6) is 5.75 Å². The Balaban J connectivity index is 3.27. The first-order valence-corrected chi connectivity index (χ1v) is 6.82. The largest absolute Gasteiger partial charge is 0.508 e. The highest BCUT2D eigenvalue weighted by Gasteiger charge is 2.38. The molecule has 4 nitrogen and oxygen atoms in total. The van der Waals surface area contributed by atoms with Gasteiger partial charge in [-0.2, -0.15) is 0 Å². The van der Waals surface area contributed by atoms with Crippen LogP contribution in [0, 0.1) is 5.41 Å². The quantitative estimate of drug-likeness (QED) is 0.790. The molecule has 1 atom stereocenters. The summed E-state index contributed by atoms with van der Waals surface area (Å²) in [6.07, 6.45) is 0. The van der Waals surface area contributed by atoms with Crippen molar-refractivity contribution >= 4 is 37.8 Å². The smallest absolute Gasteiger partial charge is 0.313 e. The number of phenolic OH excluding ortho intramolecular Hbond substituents is 1. The second-order valence-electron chi connectivity index (χ2n) is 4.51. The van der Waals surface area contributed by atoms with E-state index in [1.807, 2.05) is 0 Å². The van der Waals surface area contributed by atoms with Crippen molar-refractivity contribution in [2.24, 2.45) is 11.1 Å². The van der Waals surface area contributed by atoms with Crippen molar-refractivity contribution in [2.45, 2.75) is 19.9 Å². The Morgan fingerprint density at radius 1 is 1.44 bits per heavy atom. The molecule has 0 aliphatic rings. The molecule has 1 rings (SSSR count). The number of carbonyl (C=O) groups excluding carboxylic acids is 1. The summed E-state index contributed by atoms with van der Waals surface area (Å²) in [6.45, 7) is 3.36. The first kappa shape index (κ1) is 15.5. The molecule has 0 radical (unpaired) electrons. The third-order valence-corrected chi connectivity index (χ3v) is 3.99. The number of ether oxygens (including phenoxy) is 1. The van der Waals surface area contributed by atoms with Gasteiger partial charge >= 0.3 is 5.97 Å². The number of benzene rings is 1. The monoisotopic (exact) mass is 379 g/mol. The number of phenols is 1. The van der Waals surface area contributed by atoms with E-state index in [9.17, 15) is 9.90 Å². The van der Waals surface area contributed by atoms with Crippen molar-refractivity contribution in [2.75, 3.05) is 7.11 Å². The highest BCUT2D eigenvalue weighted by atomic mass is 79.9. The second-order valence-corrected chi connectivity index (χ2v) is 6.28. The van der Waals surface area contributed by atoms with E-state index in [0.29, 0.717) is 10.0 Å². The van der Waals surface area contributed by atoms with Crippen LogP contribution in [0.25, 0.3) is 0 Å². The molecule has 3 N–H and O–H groups in total. The summed E-state index contributed by atoms with van der Waals surface area (Å²) in [7, 11) is 1.31. The Morgan fingerprint density at radius 2 is 2.00 bits per heavy atom. The first-order valence-electron chi connectivity index (χ1n) is 5.23. The maximum Gasteiger partial charge on any atom is 0.313 e. The molecule has 1 aromatic rings. The minimum atomic E-state index is -0.942. The van der Waals surface area contributed by atoms with Crippen LogP contribution in [0.3, 0.4) is 0 Å². The standard InChI is InChI=1S/C12H15Br2NO3/c1-12(2,11(17)18-3)10(15)9-7(14)4-6(13)5-8(9)16/h4-5,10,16H,15H2,1-3H3/t10-/m1/s1. The number of rotatable bonds is 3. The number of esters is 1. The average molecular weight is 381 g/mol. The van der Waals surface area contributed by atoms with Crippen LogP contribution in [0.4, 0.5) is 0 Å². The molecular formula is C12H15Br2NO3. The van der Waals surface area contributed by atoms with Crippen LogP contribution in [0.15, 0.2) is 21.1 Å². The van der Waals surface area contributed by atoms with Gasteiger partial charge in [-0.05, 0) is 26.0 Å². The number of hydrogen-bond acceptors (Lipinski definition) is 4. The van der Waals surface area contributed by atoms with Gasteiger partial charge in [0, 0.05) is 14.5 Å². The number of methoxy groups -OCH3 is 1. The maximum absolute atomic E-state index is 11.7. The second kappa shape index (κ2) is 5.59. The van der Waals surface area contributed by atoms with Gasteiger partial charge in [-0.3, -0.25) is 4.79 Å². The summed E-state index contributed by atoms with van der Waals surface area (Å²) >= 11 is 6.61. The van der Waals surface area contributed by atoms with Crippen LogP contribution in [-0.2, 0) is 9.53 Å². The summed E-state index contributed by atoms with van der Waals surface area (Å²) in [5.41, 5.74) is 5.63. The normalized spacial score (nSPS) is 13.2. The summed E-state index contributed by atoms with van der Waals surface area (Å²) < 4.78 is 6.09. The number of carbonyl (C=O) groups is 1. The first-order chi connectivity index (χ1) is 8.21. The highest BCUT2D eigenvalue weighted by molar-refractivity contribution is 9.11. The van der Waals surface area contributed by atoms with E-state index >= 15 is 0 Å². The van der Waals surface area contributed by atoms with Gasteiger partial charge in [-0.25, -0.2) is 0 Å². The van der Waals surface area contributed by atoms with E-state index in [-0.39, 0.29) is 5.75 Å². The van der Waals surface area contributed by atoms with Crippen LogP contribution in [0.2, 0.25) is 0 Å². The molecular weight excluding hydrogens is 366 g/mol. The molecule has 0 fully saturated rings. The van der Waals surface area contributed by atoms with Gasteiger partial charge in [0.1, 0.15) is 5.75 Å². The Bertz CT molecular complexity index is 451. The summed E-state index contributed by atoms with van der Waals surface area (Å²) in [5.74, 6) is -0.398. The van der Waals surface area contributed by atoms with Crippen molar-refractivity contribution in [3.05, 3.63) is 26.6 Å². The minimum absolute atomic E-state index is 0.0285. The van der Waals surface area contributed by atoms with Crippen molar-refractivity contribution in [3.63, 3.8) is 0 Å². The van der Waals surface area contributed by atoms with Gasteiger partial charge in [0.25, 0.3) is 0 Å². The molecule has 0 amide bonds. The van der Waals surface area contributed by atoms with Gasteiger partial charge in [-0.15, -0.1) is 0 Å². The lowest BCUT2D eigenvalue weighted by Gasteiger charge is -2.30. The lowest BCUT2D eigenvalue weighted by Crippen LogP contribution is -2.37. The Hall–Kier alpha value is -0.590. The van der Waals surface area contributed by atoms with E-state index < -0.39 is 17.4 Å². The van der Waals surface area contributed by atoms with Gasteiger partial charge < -0.3 is 15.6 Å². The van der Waals surface area contributed by atoms with Crippen molar-refractivity contribution < 1.29 is 14.6 Å². The third-order valence-electron chi connectivity index (χ3n) is 2.87. The van der Waals surface area contributed by atoms with Crippen LogP contribution in [0.1, 0.15) is 25.5 Å². The number of halogens is 2. The van der Waals surface area contributed by atoms with Crippen LogP contribution >= 0.6 is 31.9 Å². The topological polar surface area (TPSA) is 72.5 Å². The fourth-order valence-electron chi connectivity index (χ4n) is 1.63. The molecule has 0 saturated heterocycles. The zero-order valence-electron chi connectivity index (χ0n) is 10.3. The minimum Gasteiger partial charge on any atom is -0.508 e. The Kier molecular flexibility index (Phi) is 4.80. The number of nitrogens with two attached hydrogens (primary N) is 1. The summed E-state index contributed by atoms with van der Waals surface area (Å²) in [5, 5.41) is 9.97. The third kappa shape index (κ3) is 2.87. The molecule has 0 aliphatic heterocycles. The van der Waals surface area contributed by atoms with Gasteiger partial charge in [0.2, 0.25) is 0 Å². The SMILES string of the molecule is COC(=O)C(C)(C)[C@H](N)c1c(O)cc(Br)cc1Br. The predicted octanol–water partition coefficient (Wildman–Crippen LogP) is 3.12. The molecule has 1 aromatic carbocycles. The zero-order valence-corrected chi connectivity index (χ0v) is 13.5. The number of hydrogen-bond donors (Lipinski definition) is 2. The zero-order chi connectivity index (χ0) is 14.1. The van der Waals surface area contributed by atoms with Gasteiger partial charge in [0.15, 0.2) is 0 Å². The lowest BCUT2D eigenvalue weighted by atomic mass is 9.80. The molecule has 0 aliphatic carbocycles. The molecule has 0 bridgehead atoms. The van der Waals surface area contributed by atoms with Crippen molar-refractivity contribution in [3.8, 4) is 5.75 Å². The summed E-state index contributed by atoms with van der Waals surface area (Å²) in [4.78, 5) is 11.7. The highest BCUT2D eigenvalue weighted by Crippen LogP contribution is 2.41. The predicted molar refractivity (Wildman–Crippen MR) is 76.2 cm³/mol. The molecule has 6 heteroatoms. The molecule has 0 aromatic heterocycles. The van der Waals surface area contributed by atoms with E-state index in [1.165, 1.54) is 13.2 Å². The molecule has 0 heterocycles. The molecule has 0 saturated carbocycles. The molecule has 0 unspecified atom stereocenters. The lowest BCUT2D eigenvalue weighted by molar-refractivity contribution is -0.152. The van der Waals surface area contributed by atoms with Crippen LogP contribution in [-0.4, -0.2) is 18.2 Å². The maximum atomic E-state index is 11.7. The average Bonchev–Trinajstić information content (AvgIpc) is 2.26. The molecule has 0 spiro atoms. The molecule has 100 valence electrons. The van der Waals surface area contributed by atoms with E-state index in [1.54, 1.807) is 19.9 Å². The Morgan fingerprint density at radius 3 is 2.44 bits per heavy atom. The van der Waals surface area contributed by atoms with Crippen molar-refractivity contribution in [1.82, 2.24) is 0 Å². The fraction of sp³-hybridized carbons (Fsp3) is 0.417. The van der Waals surface area contributed by atoms with Gasteiger partial charge in [-0.1, -0.05) is 31.9 Å².